The van der Waals surface area contributed by atoms with Gasteiger partial charge < -0.3 is 14.9 Å². The molecule has 2 aromatic carbocycles. The maximum absolute atomic E-state index is 11.6. The molecular formula is C26H28Cl2N6O4. The van der Waals surface area contributed by atoms with E-state index in [4.69, 9.17) is 28.3 Å². The Hall–Kier alpha value is -3.34. The molecular weight excluding hydrogens is 531 g/mol. The van der Waals surface area contributed by atoms with Gasteiger partial charge in [0.05, 0.1) is 27.2 Å². The minimum Gasteiger partial charge on any atom is -0.465 e. The number of nitrogens with zero attached hydrogens (tertiary/aromatic N) is 6. The summed E-state index contributed by atoms with van der Waals surface area (Å²) >= 11 is 12.4. The Morgan fingerprint density at radius 3 is 2.50 bits per heavy atom. The number of rotatable bonds is 7. The first-order valence-electron chi connectivity index (χ1n) is 12.5. The van der Waals surface area contributed by atoms with Crippen LogP contribution in [0.3, 0.4) is 0 Å². The Kier molecular flexibility index (Phi) is 7.73. The maximum atomic E-state index is 11.6. The Bertz CT molecular complexity index is 1360. The molecule has 0 spiro atoms. The number of hydrogen-bond donors (Lipinski definition) is 1. The summed E-state index contributed by atoms with van der Waals surface area (Å²) in [5, 5.41) is 26.7. The highest BCUT2D eigenvalue weighted by atomic mass is 35.5. The summed E-state index contributed by atoms with van der Waals surface area (Å²) in [4.78, 5) is 28.6. The van der Waals surface area contributed by atoms with E-state index >= 15 is 0 Å². The summed E-state index contributed by atoms with van der Waals surface area (Å²) in [6, 6.07) is 12.2. The van der Waals surface area contributed by atoms with Crippen LogP contribution in [-0.2, 0) is 19.5 Å². The summed E-state index contributed by atoms with van der Waals surface area (Å²) in [5.41, 5.74) is 4.34. The van der Waals surface area contributed by atoms with Crippen LogP contribution in [-0.4, -0.2) is 75.0 Å². The number of piperazine rings is 1. The fraction of sp³-hybridized carbons (Fsp3) is 0.385. The molecule has 0 bridgehead atoms. The topological polar surface area (TPSA) is 108 Å². The van der Waals surface area contributed by atoms with E-state index in [1.165, 1.54) is 4.90 Å². The number of anilines is 1. The van der Waals surface area contributed by atoms with Gasteiger partial charge in [-0.25, -0.2) is 4.79 Å². The van der Waals surface area contributed by atoms with E-state index in [0.29, 0.717) is 35.2 Å². The van der Waals surface area contributed by atoms with Gasteiger partial charge in [0.15, 0.2) is 0 Å². The van der Waals surface area contributed by atoms with E-state index in [0.717, 1.165) is 61.7 Å². The van der Waals surface area contributed by atoms with Crippen LogP contribution in [0.5, 0.6) is 0 Å². The second kappa shape index (κ2) is 11.2. The highest BCUT2D eigenvalue weighted by Gasteiger charge is 2.28. The second-order valence-corrected chi connectivity index (χ2v) is 10.3. The third kappa shape index (κ3) is 5.43. The molecule has 0 aliphatic carbocycles. The van der Waals surface area contributed by atoms with Crippen molar-refractivity contribution < 1.29 is 14.8 Å². The predicted octanol–water partition coefficient (Wildman–Crippen LogP) is 5.01. The van der Waals surface area contributed by atoms with Gasteiger partial charge >= 0.3 is 6.09 Å². The quantitative estimate of drug-likeness (QED) is 0.320. The molecule has 5 rings (SSSR count). The molecule has 10 nitrogen and oxygen atoms in total. The summed E-state index contributed by atoms with van der Waals surface area (Å²) in [5.74, 6) is 0. The molecule has 1 fully saturated rings. The average Bonchev–Trinajstić information content (AvgIpc) is 3.28. The molecule has 1 aromatic heterocycles. The van der Waals surface area contributed by atoms with Crippen LogP contribution in [0.25, 0.3) is 11.3 Å². The van der Waals surface area contributed by atoms with Crippen LogP contribution in [0.1, 0.15) is 17.7 Å². The largest absolute Gasteiger partial charge is 0.465 e. The van der Waals surface area contributed by atoms with Gasteiger partial charge in [0, 0.05) is 75.1 Å². The first kappa shape index (κ1) is 26.3. The number of hydrogen-bond acceptors (Lipinski definition) is 6. The number of aromatic nitrogens is 2. The van der Waals surface area contributed by atoms with Gasteiger partial charge in [-0.05, 0) is 24.6 Å². The number of halogens is 2. The van der Waals surface area contributed by atoms with Crippen LogP contribution in [0.4, 0.5) is 16.2 Å². The van der Waals surface area contributed by atoms with Crippen molar-refractivity contribution in [2.24, 2.45) is 0 Å². The standard InChI is InChI=1S/C26H28Cl2N6O4/c27-20-7-6-18(16-21(20)28)25-19-17-32(26(35)36)11-8-22(19)33(29-25)10-3-9-30-12-14-31(15-13-30)23-4-1-2-5-24(23)34(37)38/h1-2,4-7,16H,3,8-15,17H2,(H,35,36). The van der Waals surface area contributed by atoms with E-state index in [2.05, 4.69) is 9.80 Å². The fourth-order valence-corrected chi connectivity index (χ4v) is 5.55. The molecule has 12 heteroatoms. The number of fused-ring (bicyclic) bond motifs is 1. The normalized spacial score (nSPS) is 15.9. The molecule has 3 heterocycles. The van der Waals surface area contributed by atoms with Gasteiger partial charge in [-0.15, -0.1) is 0 Å². The van der Waals surface area contributed by atoms with Gasteiger partial charge in [0.25, 0.3) is 5.69 Å². The number of nitro groups is 1. The maximum Gasteiger partial charge on any atom is 0.407 e. The molecule has 38 heavy (non-hydrogen) atoms. The zero-order valence-electron chi connectivity index (χ0n) is 20.7. The van der Waals surface area contributed by atoms with Crippen molar-refractivity contribution in [3.05, 3.63) is 73.9 Å². The summed E-state index contributed by atoms with van der Waals surface area (Å²) in [6.07, 6.45) is 0.538. The number of nitro benzene ring substituents is 1. The van der Waals surface area contributed by atoms with Gasteiger partial charge in [-0.2, -0.15) is 5.10 Å². The zero-order chi connectivity index (χ0) is 26.8. The van der Waals surface area contributed by atoms with E-state index in [1.54, 1.807) is 24.3 Å². The molecule has 0 atom stereocenters. The number of amides is 1. The minimum atomic E-state index is -0.941. The number of para-hydroxylation sites is 2. The molecule has 1 saturated heterocycles. The number of benzene rings is 2. The van der Waals surface area contributed by atoms with Gasteiger partial charge in [0.2, 0.25) is 0 Å². The van der Waals surface area contributed by atoms with Crippen molar-refractivity contribution in [2.45, 2.75) is 25.9 Å². The molecule has 1 amide bonds. The van der Waals surface area contributed by atoms with Crippen LogP contribution in [0, 0.1) is 10.1 Å². The minimum absolute atomic E-state index is 0.142. The summed E-state index contributed by atoms with van der Waals surface area (Å²) < 4.78 is 2.01. The molecule has 0 saturated carbocycles. The van der Waals surface area contributed by atoms with Crippen molar-refractivity contribution in [2.75, 3.05) is 44.2 Å². The third-order valence-electron chi connectivity index (χ3n) is 7.23. The monoisotopic (exact) mass is 558 g/mol. The SMILES string of the molecule is O=C(O)N1CCc2c(c(-c3ccc(Cl)c(Cl)c3)nn2CCCN2CCN(c3ccccc3[N+](=O)[O-])CC2)C1. The van der Waals surface area contributed by atoms with Crippen LogP contribution < -0.4 is 4.90 Å². The average molecular weight is 559 g/mol. The van der Waals surface area contributed by atoms with Crippen LogP contribution >= 0.6 is 23.2 Å². The lowest BCUT2D eigenvalue weighted by atomic mass is 10.0. The van der Waals surface area contributed by atoms with Crippen molar-refractivity contribution in [3.63, 3.8) is 0 Å². The molecule has 1 N–H and O–H groups in total. The first-order valence-corrected chi connectivity index (χ1v) is 13.3. The Balaban J connectivity index is 1.25. The lowest BCUT2D eigenvalue weighted by molar-refractivity contribution is -0.384. The Morgan fingerprint density at radius 1 is 1.03 bits per heavy atom. The molecule has 0 radical (unpaired) electrons. The summed E-state index contributed by atoms with van der Waals surface area (Å²) in [7, 11) is 0. The lowest BCUT2D eigenvalue weighted by Gasteiger charge is -2.35. The number of aryl methyl sites for hydroxylation is 1. The van der Waals surface area contributed by atoms with E-state index in [9.17, 15) is 20.0 Å². The smallest absolute Gasteiger partial charge is 0.407 e. The number of carboxylic acid groups (broad SMARTS) is 1. The lowest BCUT2D eigenvalue weighted by Crippen LogP contribution is -2.47. The molecule has 3 aromatic rings. The second-order valence-electron chi connectivity index (χ2n) is 9.51. The highest BCUT2D eigenvalue weighted by molar-refractivity contribution is 6.42. The third-order valence-corrected chi connectivity index (χ3v) is 7.97. The number of carbonyl (C=O) groups is 1. The molecule has 0 unspecified atom stereocenters. The van der Waals surface area contributed by atoms with Crippen molar-refractivity contribution in [3.8, 4) is 11.3 Å². The Labute approximate surface area is 230 Å². The Morgan fingerprint density at radius 2 is 1.79 bits per heavy atom. The highest BCUT2D eigenvalue weighted by Crippen LogP contribution is 2.34. The van der Waals surface area contributed by atoms with Gasteiger partial charge in [-0.3, -0.25) is 19.7 Å². The van der Waals surface area contributed by atoms with Crippen molar-refractivity contribution in [1.82, 2.24) is 19.6 Å². The van der Waals surface area contributed by atoms with Gasteiger partial charge in [0.1, 0.15) is 5.69 Å². The van der Waals surface area contributed by atoms with Crippen molar-refractivity contribution >= 4 is 40.7 Å². The van der Waals surface area contributed by atoms with Crippen LogP contribution in [0.2, 0.25) is 10.0 Å². The van der Waals surface area contributed by atoms with E-state index in [-0.39, 0.29) is 17.2 Å². The van der Waals surface area contributed by atoms with E-state index < -0.39 is 6.09 Å². The molecule has 200 valence electrons. The molecule has 2 aliphatic rings. The van der Waals surface area contributed by atoms with Crippen LogP contribution in [0.15, 0.2) is 42.5 Å². The van der Waals surface area contributed by atoms with Gasteiger partial charge in [-0.1, -0.05) is 41.4 Å². The zero-order valence-corrected chi connectivity index (χ0v) is 22.2. The van der Waals surface area contributed by atoms with E-state index in [1.807, 2.05) is 22.9 Å². The first-order chi connectivity index (χ1) is 18.3. The van der Waals surface area contributed by atoms with Crippen molar-refractivity contribution in [1.29, 1.82) is 0 Å². The predicted molar refractivity (Wildman–Crippen MR) is 146 cm³/mol. The summed E-state index contributed by atoms with van der Waals surface area (Å²) in [6.45, 7) is 5.42. The fourth-order valence-electron chi connectivity index (χ4n) is 5.26. The molecule has 2 aliphatic heterocycles.